The lowest BCUT2D eigenvalue weighted by Gasteiger charge is -2.17. The summed E-state index contributed by atoms with van der Waals surface area (Å²) in [5.41, 5.74) is 3.68. The summed E-state index contributed by atoms with van der Waals surface area (Å²) in [5, 5.41) is 14.6. The number of rotatable bonds is 5. The maximum Gasteiger partial charge on any atom is 0.229 e. The van der Waals surface area contributed by atoms with Crippen molar-refractivity contribution in [3.05, 3.63) is 66.2 Å². The lowest BCUT2D eigenvalue weighted by Crippen LogP contribution is -2.09. The first-order chi connectivity index (χ1) is 14.4. The van der Waals surface area contributed by atoms with E-state index in [2.05, 4.69) is 21.1 Å². The first-order valence-electron chi connectivity index (χ1n) is 9.04. The molecule has 0 spiro atoms. The molecule has 0 fully saturated rings. The van der Waals surface area contributed by atoms with Crippen molar-refractivity contribution < 1.29 is 13.2 Å². The van der Waals surface area contributed by atoms with Gasteiger partial charge in [0.15, 0.2) is 0 Å². The second-order valence-corrected chi connectivity index (χ2v) is 8.48. The van der Waals surface area contributed by atoms with Crippen LogP contribution in [0.25, 0.3) is 21.8 Å². The molecule has 0 amide bonds. The first-order valence-corrected chi connectivity index (χ1v) is 10.9. The molecule has 4 rings (SSSR count). The maximum atomic E-state index is 11.5. The molecule has 0 atom stereocenters. The number of ether oxygens (including phenoxy) is 1. The zero-order valence-electron chi connectivity index (χ0n) is 16.7. The zero-order valence-corrected chi connectivity index (χ0v) is 18.3. The van der Waals surface area contributed by atoms with E-state index in [0.717, 1.165) is 28.2 Å². The lowest BCUT2D eigenvalue weighted by atomic mass is 10.0. The van der Waals surface area contributed by atoms with Gasteiger partial charge < -0.3 is 10.1 Å². The van der Waals surface area contributed by atoms with Crippen molar-refractivity contribution in [3.8, 4) is 11.8 Å². The Labute approximate surface area is 186 Å². The van der Waals surface area contributed by atoms with Crippen molar-refractivity contribution in [1.82, 2.24) is 4.98 Å². The van der Waals surface area contributed by atoms with Crippen LogP contribution in [0.2, 0.25) is 0 Å². The maximum absolute atomic E-state index is 11.5. The highest BCUT2D eigenvalue weighted by Gasteiger charge is 2.14. The van der Waals surface area contributed by atoms with Gasteiger partial charge in [-0.1, -0.05) is 30.3 Å². The quantitative estimate of drug-likeness (QED) is 0.419. The van der Waals surface area contributed by atoms with E-state index in [1.807, 2.05) is 36.4 Å². The molecule has 1 heterocycles. The van der Waals surface area contributed by atoms with Crippen LogP contribution >= 0.6 is 12.4 Å². The molecular formula is C22H19ClN4O3S. The number of aromatic nitrogens is 1. The molecule has 4 aromatic rings. The Balaban J connectivity index is 0.00000272. The Morgan fingerprint density at radius 2 is 1.77 bits per heavy atom. The van der Waals surface area contributed by atoms with Crippen LogP contribution in [0.3, 0.4) is 0 Å². The number of hydrogen-bond donors (Lipinski definition) is 2. The molecule has 0 saturated heterocycles. The Kier molecular flexibility index (Phi) is 6.20. The molecule has 0 unspecified atom stereocenters. The number of nitrogens with zero attached hydrogens (tertiary/aromatic N) is 2. The number of fused-ring (bicyclic) bond motifs is 2. The van der Waals surface area contributed by atoms with Gasteiger partial charge in [-0.25, -0.2) is 13.4 Å². The fourth-order valence-corrected chi connectivity index (χ4v) is 3.90. The van der Waals surface area contributed by atoms with Crippen LogP contribution in [0, 0.1) is 11.3 Å². The van der Waals surface area contributed by atoms with Gasteiger partial charge in [-0.05, 0) is 24.3 Å². The van der Waals surface area contributed by atoms with E-state index in [0.29, 0.717) is 28.2 Å². The van der Waals surface area contributed by atoms with Crippen LogP contribution in [-0.4, -0.2) is 26.8 Å². The lowest BCUT2D eigenvalue weighted by molar-refractivity contribution is 0.417. The Morgan fingerprint density at radius 3 is 2.48 bits per heavy atom. The number of para-hydroxylation sites is 2. The Bertz CT molecular complexity index is 1430. The largest absolute Gasteiger partial charge is 0.494 e. The average Bonchev–Trinajstić information content (AvgIpc) is 2.73. The number of benzene rings is 3. The summed E-state index contributed by atoms with van der Waals surface area (Å²) in [6.07, 6.45) is 1.09. The third-order valence-electron chi connectivity index (χ3n) is 4.60. The summed E-state index contributed by atoms with van der Waals surface area (Å²) in [7, 11) is -1.89. The molecule has 3 aromatic carbocycles. The molecule has 0 radical (unpaired) electrons. The molecule has 0 aliphatic rings. The highest BCUT2D eigenvalue weighted by Crippen LogP contribution is 2.37. The van der Waals surface area contributed by atoms with Gasteiger partial charge in [-0.2, -0.15) is 5.26 Å². The van der Waals surface area contributed by atoms with Crippen molar-refractivity contribution in [2.45, 2.75) is 0 Å². The molecule has 0 bridgehead atoms. The number of nitrogens with one attached hydrogen (secondary N) is 2. The summed E-state index contributed by atoms with van der Waals surface area (Å²) >= 11 is 0. The summed E-state index contributed by atoms with van der Waals surface area (Å²) < 4.78 is 31.0. The predicted octanol–water partition coefficient (Wildman–Crippen LogP) is 4.81. The molecule has 0 saturated carbocycles. The zero-order chi connectivity index (χ0) is 21.3. The van der Waals surface area contributed by atoms with Gasteiger partial charge in [0.2, 0.25) is 10.0 Å². The third-order valence-corrected chi connectivity index (χ3v) is 5.20. The van der Waals surface area contributed by atoms with Gasteiger partial charge >= 0.3 is 0 Å². The van der Waals surface area contributed by atoms with Crippen LogP contribution in [0.1, 0.15) is 5.56 Å². The molecule has 0 aliphatic carbocycles. The second-order valence-electron chi connectivity index (χ2n) is 6.73. The molecule has 7 nitrogen and oxygen atoms in total. The number of hydrogen-bond acceptors (Lipinski definition) is 6. The van der Waals surface area contributed by atoms with E-state index in [4.69, 9.17) is 4.74 Å². The minimum atomic E-state index is -3.40. The third kappa shape index (κ3) is 4.48. The van der Waals surface area contributed by atoms with Crippen molar-refractivity contribution in [3.63, 3.8) is 0 Å². The van der Waals surface area contributed by atoms with E-state index >= 15 is 0 Å². The second kappa shape index (κ2) is 8.68. The van der Waals surface area contributed by atoms with Gasteiger partial charge in [0.05, 0.1) is 47.0 Å². The van der Waals surface area contributed by atoms with E-state index in [-0.39, 0.29) is 12.4 Å². The molecule has 31 heavy (non-hydrogen) atoms. The van der Waals surface area contributed by atoms with Gasteiger partial charge in [-0.15, -0.1) is 12.4 Å². The van der Waals surface area contributed by atoms with E-state index in [9.17, 15) is 13.7 Å². The van der Waals surface area contributed by atoms with E-state index in [1.165, 1.54) is 7.11 Å². The molecule has 2 N–H and O–H groups in total. The highest BCUT2D eigenvalue weighted by atomic mass is 35.5. The molecule has 0 aliphatic heterocycles. The molecular weight excluding hydrogens is 436 g/mol. The highest BCUT2D eigenvalue weighted by molar-refractivity contribution is 7.92. The monoisotopic (exact) mass is 454 g/mol. The number of pyridine rings is 1. The standard InChI is InChI=1S/C22H18N4O3S.ClH/c1-29-20-12-15(26-30(2,27)28)10-11-19(20)25-22-16-7-3-4-9-18(16)24-21-14(13-23)6-5-8-17(21)22;/h3-12,26H,1-2H3,(H,24,25);1H. The van der Waals surface area contributed by atoms with Crippen molar-refractivity contribution >= 4 is 61.3 Å². The number of methoxy groups -OCH3 is 1. The topological polar surface area (TPSA) is 104 Å². The smallest absolute Gasteiger partial charge is 0.229 e. The number of halogens is 1. The summed E-state index contributed by atoms with van der Waals surface area (Å²) in [6.45, 7) is 0. The first kappa shape index (κ1) is 22.2. The van der Waals surface area contributed by atoms with Crippen LogP contribution < -0.4 is 14.8 Å². The number of nitriles is 1. The van der Waals surface area contributed by atoms with E-state index < -0.39 is 10.0 Å². The van der Waals surface area contributed by atoms with Crippen molar-refractivity contribution in [2.24, 2.45) is 0 Å². The fraction of sp³-hybridized carbons (Fsp3) is 0.0909. The van der Waals surface area contributed by atoms with Crippen molar-refractivity contribution in [1.29, 1.82) is 5.26 Å². The summed E-state index contributed by atoms with van der Waals surface area (Å²) in [5.74, 6) is 0.467. The van der Waals surface area contributed by atoms with Crippen LogP contribution in [0.5, 0.6) is 5.75 Å². The normalized spacial score (nSPS) is 10.9. The Morgan fingerprint density at radius 1 is 1.03 bits per heavy atom. The minimum absolute atomic E-state index is 0. The molecule has 1 aromatic heterocycles. The van der Waals surface area contributed by atoms with Crippen LogP contribution in [-0.2, 0) is 10.0 Å². The molecule has 9 heteroatoms. The van der Waals surface area contributed by atoms with Gasteiger partial charge in [0, 0.05) is 16.8 Å². The minimum Gasteiger partial charge on any atom is -0.494 e. The fourth-order valence-electron chi connectivity index (χ4n) is 3.35. The van der Waals surface area contributed by atoms with E-state index in [1.54, 1.807) is 24.3 Å². The summed E-state index contributed by atoms with van der Waals surface area (Å²) in [4.78, 5) is 4.68. The van der Waals surface area contributed by atoms with Crippen LogP contribution in [0.4, 0.5) is 17.1 Å². The SMILES string of the molecule is COc1cc(NS(C)(=O)=O)ccc1Nc1c2ccccc2nc2c(C#N)cccc12.Cl. The average molecular weight is 455 g/mol. The Hall–Kier alpha value is -3.54. The number of sulfonamides is 1. The van der Waals surface area contributed by atoms with Crippen molar-refractivity contribution in [2.75, 3.05) is 23.4 Å². The van der Waals surface area contributed by atoms with Gasteiger partial charge in [0.25, 0.3) is 0 Å². The number of anilines is 3. The predicted molar refractivity (Wildman–Crippen MR) is 126 cm³/mol. The summed E-state index contributed by atoms with van der Waals surface area (Å²) in [6, 6.07) is 20.3. The van der Waals surface area contributed by atoms with Crippen LogP contribution in [0.15, 0.2) is 60.7 Å². The van der Waals surface area contributed by atoms with Gasteiger partial charge in [0.1, 0.15) is 11.8 Å². The van der Waals surface area contributed by atoms with Gasteiger partial charge in [-0.3, -0.25) is 4.72 Å². The molecule has 158 valence electrons.